The molecule has 5 unspecified atom stereocenters. The molecular formula is C33H50O8. The highest BCUT2D eigenvalue weighted by Crippen LogP contribution is 2.63. The molecule has 7 atom stereocenters. The maximum Gasteiger partial charge on any atom is 0.333 e. The molecule has 3 aliphatic carbocycles. The monoisotopic (exact) mass is 574 g/mol. The zero-order valence-corrected chi connectivity index (χ0v) is 26.1. The molecule has 8 nitrogen and oxygen atoms in total. The third-order valence-corrected chi connectivity index (χ3v) is 10.4. The summed E-state index contributed by atoms with van der Waals surface area (Å²) in [6.07, 6.45) is 7.00. The minimum Gasteiger partial charge on any atom is -0.459 e. The molecular weight excluding hydrogens is 524 g/mol. The quantitative estimate of drug-likeness (QED) is 0.148. The number of unbranched alkanes of at least 4 members (excludes halogenated alkanes) is 4. The molecule has 8 heteroatoms. The van der Waals surface area contributed by atoms with Gasteiger partial charge >= 0.3 is 11.9 Å². The Morgan fingerprint density at radius 1 is 1.10 bits per heavy atom. The summed E-state index contributed by atoms with van der Waals surface area (Å²) in [5.41, 5.74) is -5.19. The number of aliphatic hydroxyl groups excluding tert-OH is 2. The minimum atomic E-state index is -2.30. The van der Waals surface area contributed by atoms with E-state index in [0.29, 0.717) is 11.1 Å². The van der Waals surface area contributed by atoms with Gasteiger partial charge in [-0.2, -0.15) is 0 Å². The van der Waals surface area contributed by atoms with E-state index in [0.717, 1.165) is 32.1 Å². The van der Waals surface area contributed by atoms with Crippen LogP contribution < -0.4 is 0 Å². The first-order valence-corrected chi connectivity index (χ1v) is 15.1. The summed E-state index contributed by atoms with van der Waals surface area (Å²) in [6.45, 7) is 14.0. The number of allylic oxidation sites excluding steroid dienone is 2. The van der Waals surface area contributed by atoms with Crippen LogP contribution in [0.15, 0.2) is 34.9 Å². The van der Waals surface area contributed by atoms with Crippen LogP contribution in [0.2, 0.25) is 0 Å². The zero-order valence-electron chi connectivity index (χ0n) is 26.1. The molecule has 3 rings (SSSR count). The lowest BCUT2D eigenvalue weighted by molar-refractivity contribution is -0.192. The topological polar surface area (TPSA) is 130 Å². The maximum atomic E-state index is 14.7. The number of aliphatic hydroxyl groups is 3. The second-order valence-electron chi connectivity index (χ2n) is 13.2. The van der Waals surface area contributed by atoms with Crippen LogP contribution in [0.5, 0.6) is 0 Å². The lowest BCUT2D eigenvalue weighted by Crippen LogP contribution is -2.65. The number of esters is 2. The first-order chi connectivity index (χ1) is 19.0. The fourth-order valence-corrected chi connectivity index (χ4v) is 7.20. The van der Waals surface area contributed by atoms with Crippen LogP contribution in [-0.4, -0.2) is 63.1 Å². The van der Waals surface area contributed by atoms with Crippen molar-refractivity contribution in [1.82, 2.24) is 0 Å². The number of hydrogen-bond donors (Lipinski definition) is 3. The predicted molar refractivity (Wildman–Crippen MR) is 156 cm³/mol. The van der Waals surface area contributed by atoms with Crippen molar-refractivity contribution in [2.45, 2.75) is 124 Å². The van der Waals surface area contributed by atoms with Crippen molar-refractivity contribution >= 4 is 17.7 Å². The molecule has 0 amide bonds. The minimum absolute atomic E-state index is 0.124. The molecule has 1 fully saturated rings. The van der Waals surface area contributed by atoms with E-state index in [4.69, 9.17) is 9.47 Å². The molecule has 230 valence electrons. The Hall–Kier alpha value is -2.29. The number of rotatable bonds is 10. The van der Waals surface area contributed by atoms with E-state index in [1.54, 1.807) is 45.9 Å². The largest absolute Gasteiger partial charge is 0.459 e. The SMILES string of the molecule is C/C=C(/C)C(=O)OCC1=CC2C(=O)C3(C=C(C)C(O)C3(O)C1O)[C@H](C)C[C@@](C)(OC(=O)CCCCCCC)C2(C)C. The van der Waals surface area contributed by atoms with Gasteiger partial charge in [-0.1, -0.05) is 71.6 Å². The van der Waals surface area contributed by atoms with Crippen LogP contribution in [0, 0.1) is 22.7 Å². The lowest BCUT2D eigenvalue weighted by atomic mass is 9.59. The number of fused-ring (bicyclic) bond motifs is 1. The van der Waals surface area contributed by atoms with Crippen molar-refractivity contribution < 1.29 is 39.2 Å². The Balaban J connectivity index is 2.10. The smallest absolute Gasteiger partial charge is 0.333 e. The average Bonchev–Trinajstić information content (AvgIpc) is 3.07. The van der Waals surface area contributed by atoms with Crippen molar-refractivity contribution in [3.63, 3.8) is 0 Å². The molecule has 0 aromatic rings. The van der Waals surface area contributed by atoms with E-state index in [1.807, 2.05) is 20.8 Å². The standard InChI is InChI=1S/C33H50O8/c1-9-11-12-13-14-15-25(34)41-31(8)18-22(5)32-17-21(4)26(35)33(32,39)27(36)23(19-40-29(38)20(3)10-2)16-24(28(32)37)30(31,6)7/h10,16-17,22,24,26-27,35-36,39H,9,11-15,18-19H2,1-8H3/b20-10-/t22-,24?,26?,27?,31-,32?,33?/m1/s1. The number of ketones is 1. The van der Waals surface area contributed by atoms with Gasteiger partial charge in [0.1, 0.15) is 30.0 Å². The highest BCUT2D eigenvalue weighted by atomic mass is 16.6. The first kappa shape index (κ1) is 33.2. The summed E-state index contributed by atoms with van der Waals surface area (Å²) in [6, 6.07) is 0. The Kier molecular flexibility index (Phi) is 9.83. The van der Waals surface area contributed by atoms with Crippen molar-refractivity contribution in [1.29, 1.82) is 0 Å². The Morgan fingerprint density at radius 2 is 1.73 bits per heavy atom. The second kappa shape index (κ2) is 12.1. The van der Waals surface area contributed by atoms with E-state index >= 15 is 0 Å². The molecule has 0 saturated heterocycles. The second-order valence-corrected chi connectivity index (χ2v) is 13.2. The number of carbonyl (C=O) groups is 3. The van der Waals surface area contributed by atoms with Gasteiger partial charge in [-0.15, -0.1) is 0 Å². The number of Topliss-reactive ketones (excluding diaryl/α,β-unsaturated/α-hetero) is 1. The molecule has 1 saturated carbocycles. The molecule has 0 aromatic carbocycles. The van der Waals surface area contributed by atoms with E-state index < -0.39 is 52.0 Å². The lowest BCUT2D eigenvalue weighted by Gasteiger charge is -2.48. The highest BCUT2D eigenvalue weighted by molar-refractivity contribution is 5.95. The van der Waals surface area contributed by atoms with Crippen molar-refractivity contribution in [3.05, 3.63) is 34.9 Å². The summed E-state index contributed by atoms with van der Waals surface area (Å²) in [4.78, 5) is 40.3. The maximum absolute atomic E-state index is 14.7. The van der Waals surface area contributed by atoms with Gasteiger partial charge in [0.15, 0.2) is 5.78 Å². The van der Waals surface area contributed by atoms with Crippen LogP contribution in [0.25, 0.3) is 0 Å². The van der Waals surface area contributed by atoms with Crippen LogP contribution in [0.4, 0.5) is 0 Å². The number of hydrogen-bond acceptors (Lipinski definition) is 8. The molecule has 41 heavy (non-hydrogen) atoms. The van der Waals surface area contributed by atoms with Crippen molar-refractivity contribution in [3.8, 4) is 0 Å². The fraction of sp³-hybridized carbons (Fsp3) is 0.727. The van der Waals surface area contributed by atoms with Gasteiger partial charge in [-0.05, 0) is 57.6 Å². The molecule has 3 aliphatic rings. The molecule has 0 radical (unpaired) electrons. The van der Waals surface area contributed by atoms with E-state index in [9.17, 15) is 29.7 Å². The Morgan fingerprint density at radius 3 is 2.34 bits per heavy atom. The zero-order chi connectivity index (χ0) is 31.0. The summed E-state index contributed by atoms with van der Waals surface area (Å²) in [5, 5.41) is 35.3. The third-order valence-electron chi connectivity index (χ3n) is 10.4. The van der Waals surface area contributed by atoms with Gasteiger partial charge in [-0.3, -0.25) is 9.59 Å². The van der Waals surface area contributed by atoms with Gasteiger partial charge in [0, 0.05) is 23.3 Å². The van der Waals surface area contributed by atoms with Crippen LogP contribution >= 0.6 is 0 Å². The molecule has 0 aromatic heterocycles. The molecule has 1 spiro atoms. The average molecular weight is 575 g/mol. The van der Waals surface area contributed by atoms with Crippen LogP contribution in [0.1, 0.15) is 100 Å². The van der Waals surface area contributed by atoms with Crippen LogP contribution in [0.3, 0.4) is 0 Å². The van der Waals surface area contributed by atoms with Crippen molar-refractivity contribution in [2.75, 3.05) is 6.61 Å². The third kappa shape index (κ3) is 5.36. The van der Waals surface area contributed by atoms with Gasteiger partial charge in [-0.25, -0.2) is 4.79 Å². The van der Waals surface area contributed by atoms with Gasteiger partial charge in [0.05, 0.1) is 5.41 Å². The predicted octanol–water partition coefficient (Wildman–Crippen LogP) is 4.75. The van der Waals surface area contributed by atoms with E-state index in [1.165, 1.54) is 0 Å². The Labute approximate surface area is 244 Å². The molecule has 3 N–H and O–H groups in total. The fourth-order valence-electron chi connectivity index (χ4n) is 7.20. The highest BCUT2D eigenvalue weighted by Gasteiger charge is 2.73. The van der Waals surface area contributed by atoms with Gasteiger partial charge < -0.3 is 24.8 Å². The summed E-state index contributed by atoms with van der Waals surface area (Å²) in [7, 11) is 0. The van der Waals surface area contributed by atoms with Crippen molar-refractivity contribution in [2.24, 2.45) is 22.7 Å². The molecule has 0 aliphatic heterocycles. The normalized spacial score (nSPS) is 36.5. The summed E-state index contributed by atoms with van der Waals surface area (Å²) in [5.74, 6) is -2.84. The summed E-state index contributed by atoms with van der Waals surface area (Å²) >= 11 is 0. The van der Waals surface area contributed by atoms with E-state index in [-0.39, 0.29) is 36.8 Å². The van der Waals surface area contributed by atoms with E-state index in [2.05, 4.69) is 6.92 Å². The van der Waals surface area contributed by atoms with Crippen LogP contribution in [-0.2, 0) is 23.9 Å². The number of carbonyl (C=O) groups excluding carboxylic acids is 3. The van der Waals surface area contributed by atoms with Gasteiger partial charge in [0.2, 0.25) is 0 Å². The first-order valence-electron chi connectivity index (χ1n) is 15.1. The Bertz CT molecular complexity index is 1130. The molecule has 2 bridgehead atoms. The number of ether oxygens (including phenoxy) is 2. The summed E-state index contributed by atoms with van der Waals surface area (Å²) < 4.78 is 11.7. The van der Waals surface area contributed by atoms with Gasteiger partial charge in [0.25, 0.3) is 0 Å². The molecule has 0 heterocycles.